The highest BCUT2D eigenvalue weighted by Gasteiger charge is 2.42. The second-order valence-corrected chi connectivity index (χ2v) is 2.67. The molecule has 1 N–H and O–H groups in total. The number of carbonyl (C=O) groups is 3. The molecule has 0 radical (unpaired) electrons. The van der Waals surface area contributed by atoms with Gasteiger partial charge < -0.3 is 9.84 Å². The van der Waals surface area contributed by atoms with Gasteiger partial charge >= 0.3 is 11.9 Å². The molecule has 1 heterocycles. The van der Waals surface area contributed by atoms with Crippen LogP contribution in [0.3, 0.4) is 0 Å². The third kappa shape index (κ3) is 1.44. The number of Topliss-reactive ketones (excluding diaryl/α,β-unsaturated/α-hetero) is 1. The molecule has 0 amide bonds. The summed E-state index contributed by atoms with van der Waals surface area (Å²) in [6.45, 7) is 1.21. The lowest BCUT2D eigenvalue weighted by molar-refractivity contribution is -0.150. The summed E-state index contributed by atoms with van der Waals surface area (Å²) in [6.07, 6.45) is -1.30. The molecule has 0 unspecified atom stereocenters. The van der Waals surface area contributed by atoms with E-state index in [9.17, 15) is 14.4 Å². The van der Waals surface area contributed by atoms with Gasteiger partial charge in [0.05, 0.1) is 6.42 Å². The molecule has 0 aromatic carbocycles. The number of hydrogen-bond donors (Lipinski definition) is 1. The molecular formula is C7H8O5. The van der Waals surface area contributed by atoms with Crippen LogP contribution >= 0.6 is 0 Å². The maximum absolute atomic E-state index is 10.8. The summed E-state index contributed by atoms with van der Waals surface area (Å²) in [5.41, 5.74) is 0. The van der Waals surface area contributed by atoms with E-state index >= 15 is 0 Å². The third-order valence-electron chi connectivity index (χ3n) is 1.73. The molecule has 0 aliphatic carbocycles. The lowest BCUT2D eigenvalue weighted by atomic mass is 9.99. The fourth-order valence-corrected chi connectivity index (χ4v) is 1.14. The molecule has 2 atom stereocenters. The maximum Gasteiger partial charge on any atom is 0.311 e. The Labute approximate surface area is 68.3 Å². The summed E-state index contributed by atoms with van der Waals surface area (Å²) < 4.78 is 4.53. The number of rotatable bonds is 2. The standard InChI is InChI=1S/C7H8O5/c1-3(8)6-4(7(10)11)2-5(9)12-6/h4,6H,2H2,1H3,(H,10,11)/t4-,6-/m0/s1. The Morgan fingerprint density at radius 2 is 2.17 bits per heavy atom. The van der Waals surface area contributed by atoms with E-state index < -0.39 is 29.7 Å². The van der Waals surface area contributed by atoms with Gasteiger partial charge in [-0.15, -0.1) is 0 Å². The first-order valence-corrected chi connectivity index (χ1v) is 3.45. The fourth-order valence-electron chi connectivity index (χ4n) is 1.14. The molecule has 1 saturated heterocycles. The van der Waals surface area contributed by atoms with Crippen LogP contribution in [0.15, 0.2) is 0 Å². The normalized spacial score (nSPS) is 28.2. The zero-order valence-electron chi connectivity index (χ0n) is 6.44. The van der Waals surface area contributed by atoms with Crippen molar-refractivity contribution in [2.24, 2.45) is 5.92 Å². The van der Waals surface area contributed by atoms with Crippen LogP contribution in [0.2, 0.25) is 0 Å². The van der Waals surface area contributed by atoms with Gasteiger partial charge in [0.1, 0.15) is 5.92 Å². The molecule has 0 bridgehead atoms. The lowest BCUT2D eigenvalue weighted by Gasteiger charge is -2.08. The van der Waals surface area contributed by atoms with Gasteiger partial charge in [-0.1, -0.05) is 0 Å². The van der Waals surface area contributed by atoms with Crippen LogP contribution in [0.25, 0.3) is 0 Å². The number of esters is 1. The molecule has 1 rings (SSSR count). The van der Waals surface area contributed by atoms with Crippen molar-refractivity contribution in [2.75, 3.05) is 0 Å². The summed E-state index contributed by atoms with van der Waals surface area (Å²) in [7, 11) is 0. The Morgan fingerprint density at radius 1 is 1.58 bits per heavy atom. The lowest BCUT2D eigenvalue weighted by Crippen LogP contribution is -2.29. The van der Waals surface area contributed by atoms with Gasteiger partial charge in [0.25, 0.3) is 0 Å². The molecule has 1 aliphatic rings. The first kappa shape index (κ1) is 8.70. The molecule has 0 aromatic rings. The van der Waals surface area contributed by atoms with Gasteiger partial charge in [-0.05, 0) is 6.92 Å². The van der Waals surface area contributed by atoms with Crippen LogP contribution in [0.1, 0.15) is 13.3 Å². The average molecular weight is 172 g/mol. The van der Waals surface area contributed by atoms with Crippen LogP contribution < -0.4 is 0 Å². The first-order valence-electron chi connectivity index (χ1n) is 3.45. The smallest absolute Gasteiger partial charge is 0.311 e. The Kier molecular flexibility index (Phi) is 2.12. The van der Waals surface area contributed by atoms with Gasteiger partial charge in [-0.2, -0.15) is 0 Å². The first-order chi connectivity index (χ1) is 5.52. The molecule has 0 aromatic heterocycles. The van der Waals surface area contributed by atoms with E-state index in [1.54, 1.807) is 0 Å². The van der Waals surface area contributed by atoms with E-state index in [0.717, 1.165) is 0 Å². The van der Waals surface area contributed by atoms with Gasteiger partial charge in [0, 0.05) is 0 Å². The van der Waals surface area contributed by atoms with Crippen molar-refractivity contribution in [3.8, 4) is 0 Å². The Morgan fingerprint density at radius 3 is 2.50 bits per heavy atom. The summed E-state index contributed by atoms with van der Waals surface area (Å²) in [5.74, 6) is -3.22. The minimum Gasteiger partial charge on any atom is -0.481 e. The van der Waals surface area contributed by atoms with Gasteiger partial charge in [-0.3, -0.25) is 14.4 Å². The minimum absolute atomic E-state index is 0.209. The summed E-state index contributed by atoms with van der Waals surface area (Å²) >= 11 is 0. The monoisotopic (exact) mass is 172 g/mol. The van der Waals surface area contributed by atoms with E-state index in [1.165, 1.54) is 6.92 Å². The predicted molar refractivity (Wildman–Crippen MR) is 36.3 cm³/mol. The zero-order valence-corrected chi connectivity index (χ0v) is 6.44. The Balaban J connectivity index is 2.79. The van der Waals surface area contributed by atoms with Gasteiger partial charge in [-0.25, -0.2) is 0 Å². The highest BCUT2D eigenvalue weighted by molar-refractivity contribution is 5.93. The number of hydrogen-bond acceptors (Lipinski definition) is 4. The highest BCUT2D eigenvalue weighted by Crippen LogP contribution is 2.22. The number of carboxylic acids is 1. The molecule has 1 aliphatic heterocycles. The van der Waals surface area contributed by atoms with Crippen molar-refractivity contribution in [1.29, 1.82) is 0 Å². The van der Waals surface area contributed by atoms with Gasteiger partial charge in [0.2, 0.25) is 0 Å². The van der Waals surface area contributed by atoms with Crippen molar-refractivity contribution in [3.63, 3.8) is 0 Å². The summed E-state index contributed by atoms with van der Waals surface area (Å²) in [4.78, 5) is 31.9. The van der Waals surface area contributed by atoms with E-state index in [0.29, 0.717) is 0 Å². The second kappa shape index (κ2) is 2.92. The van der Waals surface area contributed by atoms with Crippen LogP contribution in [0, 0.1) is 5.92 Å². The summed E-state index contributed by atoms with van der Waals surface area (Å²) in [5, 5.41) is 8.57. The maximum atomic E-state index is 10.8. The zero-order chi connectivity index (χ0) is 9.30. The van der Waals surface area contributed by atoms with E-state index in [1.807, 2.05) is 0 Å². The Bertz CT molecular complexity index is 220. The number of ether oxygens (including phenoxy) is 1. The molecule has 12 heavy (non-hydrogen) atoms. The van der Waals surface area contributed by atoms with Crippen LogP contribution in [-0.4, -0.2) is 28.9 Å². The second-order valence-electron chi connectivity index (χ2n) is 2.67. The van der Waals surface area contributed by atoms with Crippen LogP contribution in [0.4, 0.5) is 0 Å². The fraction of sp³-hybridized carbons (Fsp3) is 0.571. The SMILES string of the molecule is CC(=O)[C@@H]1OC(=O)C[C@@H]1C(=O)O. The van der Waals surface area contributed by atoms with Crippen molar-refractivity contribution < 1.29 is 24.2 Å². The number of ketones is 1. The molecular weight excluding hydrogens is 164 g/mol. The van der Waals surface area contributed by atoms with Crippen molar-refractivity contribution in [3.05, 3.63) is 0 Å². The van der Waals surface area contributed by atoms with Crippen molar-refractivity contribution in [2.45, 2.75) is 19.4 Å². The topological polar surface area (TPSA) is 80.7 Å². The van der Waals surface area contributed by atoms with Crippen LogP contribution in [0.5, 0.6) is 0 Å². The quantitative estimate of drug-likeness (QED) is 0.573. The highest BCUT2D eigenvalue weighted by atomic mass is 16.6. The van der Waals surface area contributed by atoms with Crippen molar-refractivity contribution in [1.82, 2.24) is 0 Å². The molecule has 0 saturated carbocycles. The minimum atomic E-state index is -1.17. The molecule has 1 fully saturated rings. The number of carbonyl (C=O) groups excluding carboxylic acids is 2. The number of aliphatic carboxylic acids is 1. The van der Waals surface area contributed by atoms with E-state index in [4.69, 9.17) is 5.11 Å². The van der Waals surface area contributed by atoms with Gasteiger partial charge in [0.15, 0.2) is 11.9 Å². The van der Waals surface area contributed by atoms with Crippen molar-refractivity contribution >= 4 is 17.7 Å². The predicted octanol–water partition coefficient (Wildman–Crippen LogP) is -0.408. The molecule has 0 spiro atoms. The van der Waals surface area contributed by atoms with E-state index in [2.05, 4.69) is 4.74 Å². The number of carboxylic acid groups (broad SMARTS) is 1. The largest absolute Gasteiger partial charge is 0.481 e. The van der Waals surface area contributed by atoms with E-state index in [-0.39, 0.29) is 6.42 Å². The molecule has 66 valence electrons. The molecule has 5 nitrogen and oxygen atoms in total. The average Bonchev–Trinajstić information content (AvgIpc) is 2.31. The Hall–Kier alpha value is -1.39. The summed E-state index contributed by atoms with van der Waals surface area (Å²) in [6, 6.07) is 0. The third-order valence-corrected chi connectivity index (χ3v) is 1.73. The number of cyclic esters (lactones) is 1. The van der Waals surface area contributed by atoms with Crippen LogP contribution in [-0.2, 0) is 19.1 Å². The molecule has 5 heteroatoms.